The Kier molecular flexibility index (Phi) is 6.92. The number of sulfonamides is 1. The third kappa shape index (κ3) is 5.40. The summed E-state index contributed by atoms with van der Waals surface area (Å²) >= 11 is 0. The maximum absolute atomic E-state index is 12.1. The van der Waals surface area contributed by atoms with E-state index in [4.69, 9.17) is 0 Å². The summed E-state index contributed by atoms with van der Waals surface area (Å²) in [6.07, 6.45) is 6.43. The van der Waals surface area contributed by atoms with Crippen LogP contribution in [0.15, 0.2) is 23.1 Å². The SMILES string of the molecule is CNS(=O)(=O)c1ccc(NCC(=O)NC2CCCCCC2)c([N+](=O)[O-])c1. The number of benzene rings is 1. The highest BCUT2D eigenvalue weighted by Gasteiger charge is 2.21. The minimum atomic E-state index is -3.79. The molecule has 10 heteroatoms. The molecule has 144 valence electrons. The zero-order valence-electron chi connectivity index (χ0n) is 14.7. The Morgan fingerprint density at radius 1 is 1.23 bits per heavy atom. The van der Waals surface area contributed by atoms with E-state index in [0.717, 1.165) is 31.7 Å². The summed E-state index contributed by atoms with van der Waals surface area (Å²) in [4.78, 5) is 22.5. The summed E-state index contributed by atoms with van der Waals surface area (Å²) < 4.78 is 25.7. The fraction of sp³-hybridized carbons (Fsp3) is 0.562. The van der Waals surface area contributed by atoms with Crippen molar-refractivity contribution in [2.24, 2.45) is 0 Å². The molecule has 26 heavy (non-hydrogen) atoms. The van der Waals surface area contributed by atoms with Gasteiger partial charge in [-0.3, -0.25) is 14.9 Å². The summed E-state index contributed by atoms with van der Waals surface area (Å²) in [5.41, 5.74) is -0.301. The predicted octanol–water partition coefficient (Wildman–Crippen LogP) is 1.75. The number of nitrogens with one attached hydrogen (secondary N) is 3. The molecule has 0 bridgehead atoms. The Morgan fingerprint density at radius 3 is 2.46 bits per heavy atom. The van der Waals surface area contributed by atoms with Crippen molar-refractivity contribution < 1.29 is 18.1 Å². The van der Waals surface area contributed by atoms with Gasteiger partial charge in [-0.05, 0) is 32.0 Å². The second-order valence-corrected chi connectivity index (χ2v) is 8.14. The van der Waals surface area contributed by atoms with Crippen LogP contribution in [0.3, 0.4) is 0 Å². The van der Waals surface area contributed by atoms with Gasteiger partial charge in [0.2, 0.25) is 15.9 Å². The summed E-state index contributed by atoms with van der Waals surface area (Å²) in [5.74, 6) is -0.238. The van der Waals surface area contributed by atoms with Gasteiger partial charge in [0.1, 0.15) is 5.69 Å². The van der Waals surface area contributed by atoms with Gasteiger partial charge in [-0.1, -0.05) is 25.7 Å². The van der Waals surface area contributed by atoms with E-state index >= 15 is 0 Å². The predicted molar refractivity (Wildman–Crippen MR) is 97.5 cm³/mol. The zero-order chi connectivity index (χ0) is 19.2. The molecule has 9 nitrogen and oxygen atoms in total. The monoisotopic (exact) mass is 384 g/mol. The van der Waals surface area contributed by atoms with Gasteiger partial charge in [0.25, 0.3) is 5.69 Å². The van der Waals surface area contributed by atoms with Crippen LogP contribution in [0, 0.1) is 10.1 Å². The molecule has 2 rings (SSSR count). The summed E-state index contributed by atoms with van der Waals surface area (Å²) in [6, 6.07) is 3.66. The van der Waals surface area contributed by atoms with Crippen LogP contribution in [0.1, 0.15) is 38.5 Å². The molecule has 0 heterocycles. The quantitative estimate of drug-likeness (QED) is 0.373. The van der Waals surface area contributed by atoms with Gasteiger partial charge >= 0.3 is 0 Å². The van der Waals surface area contributed by atoms with E-state index < -0.39 is 20.6 Å². The number of carbonyl (C=O) groups excluding carboxylic acids is 1. The molecule has 1 fully saturated rings. The number of nitro groups is 1. The van der Waals surface area contributed by atoms with Crippen molar-refractivity contribution in [3.63, 3.8) is 0 Å². The average molecular weight is 384 g/mol. The molecular formula is C16H24N4O5S. The van der Waals surface area contributed by atoms with Crippen LogP contribution in [0.2, 0.25) is 0 Å². The topological polar surface area (TPSA) is 130 Å². The first-order chi connectivity index (χ1) is 12.3. The molecular weight excluding hydrogens is 360 g/mol. The van der Waals surface area contributed by atoms with Gasteiger partial charge in [0, 0.05) is 12.1 Å². The van der Waals surface area contributed by atoms with Crippen molar-refractivity contribution in [3.8, 4) is 0 Å². The van der Waals surface area contributed by atoms with Gasteiger partial charge in [0.05, 0.1) is 16.4 Å². The molecule has 1 saturated carbocycles. The Hall–Kier alpha value is -2.20. The van der Waals surface area contributed by atoms with Crippen LogP contribution in [0.4, 0.5) is 11.4 Å². The number of nitrogens with zero attached hydrogens (tertiary/aromatic N) is 1. The van der Waals surface area contributed by atoms with Gasteiger partial charge in [-0.2, -0.15) is 0 Å². The fourth-order valence-electron chi connectivity index (χ4n) is 2.97. The molecule has 1 aliphatic carbocycles. The molecule has 0 unspecified atom stereocenters. The molecule has 0 aromatic heterocycles. The van der Waals surface area contributed by atoms with Crippen molar-refractivity contribution in [1.82, 2.24) is 10.0 Å². The maximum Gasteiger partial charge on any atom is 0.293 e. The maximum atomic E-state index is 12.1. The molecule has 0 aliphatic heterocycles. The van der Waals surface area contributed by atoms with Gasteiger partial charge in [0.15, 0.2) is 0 Å². The molecule has 0 radical (unpaired) electrons. The highest BCUT2D eigenvalue weighted by molar-refractivity contribution is 7.89. The minimum absolute atomic E-state index is 0.0982. The molecule has 1 aromatic carbocycles. The summed E-state index contributed by atoms with van der Waals surface area (Å²) in [7, 11) is -2.56. The molecule has 1 aliphatic rings. The Labute approximate surface area is 152 Å². The third-order valence-electron chi connectivity index (χ3n) is 4.40. The first-order valence-electron chi connectivity index (χ1n) is 8.58. The average Bonchev–Trinajstić information content (AvgIpc) is 2.88. The lowest BCUT2D eigenvalue weighted by Gasteiger charge is -2.16. The van der Waals surface area contributed by atoms with E-state index in [1.165, 1.54) is 32.0 Å². The molecule has 0 saturated heterocycles. The Bertz CT molecular complexity index is 758. The lowest BCUT2D eigenvalue weighted by molar-refractivity contribution is -0.384. The number of rotatable bonds is 7. The largest absolute Gasteiger partial charge is 0.371 e. The third-order valence-corrected chi connectivity index (χ3v) is 5.82. The smallest absolute Gasteiger partial charge is 0.293 e. The van der Waals surface area contributed by atoms with Gasteiger partial charge in [-0.15, -0.1) is 0 Å². The minimum Gasteiger partial charge on any atom is -0.371 e. The first-order valence-corrected chi connectivity index (χ1v) is 10.1. The van der Waals surface area contributed by atoms with E-state index in [1.54, 1.807) is 0 Å². The van der Waals surface area contributed by atoms with Crippen LogP contribution in [0.5, 0.6) is 0 Å². The number of nitro benzene ring substituents is 1. The van der Waals surface area contributed by atoms with Gasteiger partial charge < -0.3 is 10.6 Å². The van der Waals surface area contributed by atoms with E-state index in [2.05, 4.69) is 15.4 Å². The lowest BCUT2D eigenvalue weighted by Crippen LogP contribution is -2.38. The van der Waals surface area contributed by atoms with Crippen LogP contribution in [-0.2, 0) is 14.8 Å². The second-order valence-electron chi connectivity index (χ2n) is 6.25. The Balaban J connectivity index is 2.04. The number of carbonyl (C=O) groups is 1. The first kappa shape index (κ1) is 20.1. The van der Waals surface area contributed by atoms with Crippen LogP contribution in [-0.4, -0.2) is 38.9 Å². The number of anilines is 1. The summed E-state index contributed by atoms with van der Waals surface area (Å²) in [6.45, 7) is -0.116. The van der Waals surface area contributed by atoms with Crippen LogP contribution < -0.4 is 15.4 Å². The van der Waals surface area contributed by atoms with E-state index in [-0.39, 0.29) is 29.1 Å². The molecule has 1 amide bonds. The standard InChI is InChI=1S/C16H24N4O5S/c1-17-26(24,25)13-8-9-14(15(10-13)20(22)23)18-11-16(21)19-12-6-4-2-3-5-7-12/h8-10,12,17-18H,2-7,11H2,1H3,(H,19,21). The van der Waals surface area contributed by atoms with Crippen molar-refractivity contribution in [2.75, 3.05) is 18.9 Å². The van der Waals surface area contributed by atoms with E-state index in [1.807, 2.05) is 0 Å². The summed E-state index contributed by atoms with van der Waals surface area (Å²) in [5, 5.41) is 16.9. The Morgan fingerprint density at radius 2 is 1.88 bits per heavy atom. The fourth-order valence-corrected chi connectivity index (χ4v) is 3.72. The lowest BCUT2D eigenvalue weighted by atomic mass is 10.1. The molecule has 3 N–H and O–H groups in total. The normalized spacial score (nSPS) is 15.9. The molecule has 1 aromatic rings. The van der Waals surface area contributed by atoms with Crippen molar-refractivity contribution in [3.05, 3.63) is 28.3 Å². The van der Waals surface area contributed by atoms with Crippen LogP contribution >= 0.6 is 0 Å². The number of amides is 1. The highest BCUT2D eigenvalue weighted by Crippen LogP contribution is 2.27. The molecule has 0 spiro atoms. The van der Waals surface area contributed by atoms with Crippen molar-refractivity contribution in [1.29, 1.82) is 0 Å². The van der Waals surface area contributed by atoms with Crippen molar-refractivity contribution in [2.45, 2.75) is 49.5 Å². The molecule has 0 atom stereocenters. The number of hydrogen-bond donors (Lipinski definition) is 3. The number of hydrogen-bond acceptors (Lipinski definition) is 6. The zero-order valence-corrected chi connectivity index (χ0v) is 15.5. The van der Waals surface area contributed by atoms with Crippen molar-refractivity contribution >= 4 is 27.3 Å². The van der Waals surface area contributed by atoms with Crippen LogP contribution in [0.25, 0.3) is 0 Å². The van der Waals surface area contributed by atoms with E-state index in [0.29, 0.717) is 0 Å². The highest BCUT2D eigenvalue weighted by atomic mass is 32.2. The van der Waals surface area contributed by atoms with E-state index in [9.17, 15) is 23.3 Å². The second kappa shape index (κ2) is 8.95. The van der Waals surface area contributed by atoms with Gasteiger partial charge in [-0.25, -0.2) is 13.1 Å².